The van der Waals surface area contributed by atoms with Crippen LogP contribution in [0.5, 0.6) is 0 Å². The van der Waals surface area contributed by atoms with Crippen molar-refractivity contribution in [3.05, 3.63) is 82.9 Å². The van der Waals surface area contributed by atoms with Crippen LogP contribution < -0.4 is 0 Å². The molecule has 0 spiro atoms. The minimum atomic E-state index is 0.0338. The molecule has 0 radical (unpaired) electrons. The van der Waals surface area contributed by atoms with E-state index in [0.29, 0.717) is 6.04 Å². The molecule has 0 N–H and O–H groups in total. The first-order valence-electron chi connectivity index (χ1n) is 10.8. The highest BCUT2D eigenvalue weighted by Crippen LogP contribution is 2.50. The molecule has 0 aliphatic carbocycles. The number of pyridine rings is 1. The zero-order valence-electron chi connectivity index (χ0n) is 18.0. The van der Waals surface area contributed by atoms with Crippen LogP contribution in [0.25, 0.3) is 5.69 Å². The third-order valence-electron chi connectivity index (χ3n) is 6.65. The molecule has 3 atom stereocenters. The van der Waals surface area contributed by atoms with Crippen LogP contribution in [-0.2, 0) is 0 Å². The fraction of sp³-hybridized carbons (Fsp3) is 0.360. The predicted octanol–water partition coefficient (Wildman–Crippen LogP) is 5.78. The Morgan fingerprint density at radius 1 is 1.00 bits per heavy atom. The first kappa shape index (κ1) is 19.4. The molecular formula is C25H28N4S. The maximum absolute atomic E-state index is 5.20. The van der Waals surface area contributed by atoms with Crippen molar-refractivity contribution in [2.45, 2.75) is 52.2 Å². The average molecular weight is 417 g/mol. The van der Waals surface area contributed by atoms with Gasteiger partial charge in [-0.1, -0.05) is 43.0 Å². The first-order valence-corrected chi connectivity index (χ1v) is 11.7. The van der Waals surface area contributed by atoms with Gasteiger partial charge >= 0.3 is 0 Å². The van der Waals surface area contributed by atoms with Gasteiger partial charge in [-0.25, -0.2) is 0 Å². The highest BCUT2D eigenvalue weighted by Gasteiger charge is 2.47. The van der Waals surface area contributed by atoms with E-state index >= 15 is 0 Å². The number of aliphatic imine (C=N–C) groups is 1. The molecule has 2 aromatic heterocycles. The largest absolute Gasteiger partial charge is 0.338 e. The van der Waals surface area contributed by atoms with E-state index in [1.54, 1.807) is 0 Å². The van der Waals surface area contributed by atoms with Gasteiger partial charge in [-0.3, -0.25) is 9.98 Å². The zero-order valence-corrected chi connectivity index (χ0v) is 18.9. The lowest BCUT2D eigenvalue weighted by Crippen LogP contribution is -2.35. The van der Waals surface area contributed by atoms with E-state index in [-0.39, 0.29) is 12.1 Å². The summed E-state index contributed by atoms with van der Waals surface area (Å²) in [7, 11) is 0. The second-order valence-corrected chi connectivity index (χ2v) is 9.20. The smallest absolute Gasteiger partial charge is 0.160 e. The Morgan fingerprint density at radius 2 is 1.77 bits per heavy atom. The molecule has 2 aliphatic rings. The van der Waals surface area contributed by atoms with Crippen molar-refractivity contribution < 1.29 is 0 Å². The summed E-state index contributed by atoms with van der Waals surface area (Å²) in [6.45, 7) is 9.06. The van der Waals surface area contributed by atoms with Crippen LogP contribution in [0.3, 0.4) is 0 Å². The van der Waals surface area contributed by atoms with Crippen molar-refractivity contribution in [1.82, 2.24) is 14.5 Å². The van der Waals surface area contributed by atoms with Crippen molar-refractivity contribution in [2.24, 2.45) is 4.99 Å². The van der Waals surface area contributed by atoms with Crippen LogP contribution in [0.1, 0.15) is 53.6 Å². The number of nitrogens with zero attached hydrogens (tertiary/aromatic N) is 4. The minimum absolute atomic E-state index is 0.0338. The van der Waals surface area contributed by atoms with Gasteiger partial charge in [0.2, 0.25) is 0 Å². The van der Waals surface area contributed by atoms with Gasteiger partial charge in [-0.05, 0) is 57.0 Å². The van der Waals surface area contributed by atoms with Crippen LogP contribution >= 0.6 is 11.8 Å². The SMILES string of the molecule is CC[C@H]1CSC2=N[C@@H](c3ccccn3)[C@@H](c3c(C)c(C)n(-c4ccccc4)c3C)N21. The van der Waals surface area contributed by atoms with Crippen molar-refractivity contribution in [3.63, 3.8) is 0 Å². The first-order chi connectivity index (χ1) is 14.6. The second-order valence-electron chi connectivity index (χ2n) is 8.22. The van der Waals surface area contributed by atoms with E-state index in [4.69, 9.17) is 9.98 Å². The molecule has 5 heteroatoms. The average Bonchev–Trinajstić information content (AvgIpc) is 3.41. The maximum Gasteiger partial charge on any atom is 0.160 e. The van der Waals surface area contributed by atoms with Gasteiger partial charge in [0.05, 0.1) is 11.7 Å². The highest BCUT2D eigenvalue weighted by atomic mass is 32.2. The van der Waals surface area contributed by atoms with E-state index in [9.17, 15) is 0 Å². The van der Waals surface area contributed by atoms with Crippen molar-refractivity contribution in [1.29, 1.82) is 0 Å². The van der Waals surface area contributed by atoms with Gasteiger partial charge in [0.1, 0.15) is 6.04 Å². The topological polar surface area (TPSA) is 33.4 Å². The number of amidine groups is 1. The molecule has 2 aliphatic heterocycles. The highest BCUT2D eigenvalue weighted by molar-refractivity contribution is 8.14. The van der Waals surface area contributed by atoms with Crippen molar-refractivity contribution in [2.75, 3.05) is 5.75 Å². The standard InChI is InChI=1S/C25H28N4S/c1-5-19-15-30-25-27-23(21-13-9-10-14-26-21)24(29(19)25)22-16(2)17(3)28(18(22)4)20-11-7-6-8-12-20/h6-14,19,23-24H,5,15H2,1-4H3/t19-,23-,24+/m0/s1. The van der Waals surface area contributed by atoms with Gasteiger partial charge in [0.25, 0.3) is 0 Å². The number of hydrogen-bond acceptors (Lipinski definition) is 4. The zero-order chi connectivity index (χ0) is 20.8. The number of aromatic nitrogens is 2. The monoisotopic (exact) mass is 416 g/mol. The molecule has 0 bridgehead atoms. The van der Waals surface area contributed by atoms with Crippen LogP contribution in [0.2, 0.25) is 0 Å². The third-order valence-corrected chi connectivity index (χ3v) is 7.77. The minimum Gasteiger partial charge on any atom is -0.338 e. The Balaban J connectivity index is 1.69. The lowest BCUT2D eigenvalue weighted by Gasteiger charge is -2.32. The molecule has 1 fully saturated rings. The number of hydrogen-bond donors (Lipinski definition) is 0. The summed E-state index contributed by atoms with van der Waals surface area (Å²) in [4.78, 5) is 12.5. The number of para-hydroxylation sites is 1. The molecular weight excluding hydrogens is 388 g/mol. The predicted molar refractivity (Wildman–Crippen MR) is 126 cm³/mol. The van der Waals surface area contributed by atoms with Gasteiger partial charge in [-0.15, -0.1) is 0 Å². The van der Waals surface area contributed by atoms with Gasteiger partial charge in [0, 0.05) is 40.6 Å². The molecule has 30 heavy (non-hydrogen) atoms. The van der Waals surface area contributed by atoms with E-state index in [2.05, 4.69) is 79.6 Å². The lowest BCUT2D eigenvalue weighted by molar-refractivity contribution is 0.254. The van der Waals surface area contributed by atoms with Crippen LogP contribution in [0.4, 0.5) is 0 Å². The molecule has 4 nitrogen and oxygen atoms in total. The normalized spacial score (nSPS) is 23.0. The van der Waals surface area contributed by atoms with E-state index in [1.165, 1.54) is 33.4 Å². The maximum atomic E-state index is 5.20. The number of thioether (sulfide) groups is 1. The van der Waals surface area contributed by atoms with E-state index in [1.807, 2.05) is 24.0 Å². The summed E-state index contributed by atoms with van der Waals surface area (Å²) in [6, 6.07) is 17.6. The molecule has 0 amide bonds. The van der Waals surface area contributed by atoms with Crippen molar-refractivity contribution in [3.8, 4) is 5.69 Å². The number of fused-ring (bicyclic) bond motifs is 1. The van der Waals surface area contributed by atoms with E-state index in [0.717, 1.165) is 17.9 Å². The molecule has 0 unspecified atom stereocenters. The van der Waals surface area contributed by atoms with Crippen LogP contribution in [0, 0.1) is 20.8 Å². The second kappa shape index (κ2) is 7.62. The summed E-state index contributed by atoms with van der Waals surface area (Å²) in [5, 5.41) is 1.19. The van der Waals surface area contributed by atoms with Crippen LogP contribution in [0.15, 0.2) is 59.7 Å². The molecule has 154 valence electrons. The molecule has 0 saturated carbocycles. The number of rotatable bonds is 4. The summed E-state index contributed by atoms with van der Waals surface area (Å²) in [5.74, 6) is 1.12. The summed E-state index contributed by atoms with van der Waals surface area (Å²) in [5.41, 5.74) is 7.67. The molecule has 3 aromatic rings. The van der Waals surface area contributed by atoms with Crippen molar-refractivity contribution >= 4 is 16.9 Å². The van der Waals surface area contributed by atoms with E-state index < -0.39 is 0 Å². The Bertz CT molecular complexity index is 1090. The molecule has 4 heterocycles. The summed E-state index contributed by atoms with van der Waals surface area (Å²) >= 11 is 1.90. The molecule has 5 rings (SSSR count). The molecule has 1 aromatic carbocycles. The summed E-state index contributed by atoms with van der Waals surface area (Å²) < 4.78 is 2.41. The fourth-order valence-electron chi connectivity index (χ4n) is 5.07. The van der Waals surface area contributed by atoms with Gasteiger partial charge in [0.15, 0.2) is 5.17 Å². The third kappa shape index (κ3) is 2.90. The number of benzene rings is 1. The Kier molecular flexibility index (Phi) is 4.94. The Morgan fingerprint density at radius 3 is 2.47 bits per heavy atom. The van der Waals surface area contributed by atoms with Gasteiger partial charge < -0.3 is 9.47 Å². The molecule has 1 saturated heterocycles. The fourth-order valence-corrected chi connectivity index (χ4v) is 6.41. The Hall–Kier alpha value is -2.53. The van der Waals surface area contributed by atoms with Gasteiger partial charge in [-0.2, -0.15) is 0 Å². The summed E-state index contributed by atoms with van der Waals surface area (Å²) in [6.07, 6.45) is 3.02. The lowest BCUT2D eigenvalue weighted by atomic mass is 9.92. The van der Waals surface area contributed by atoms with Crippen LogP contribution in [-0.4, -0.2) is 31.4 Å². The Labute approximate surface area is 183 Å². The quantitative estimate of drug-likeness (QED) is 0.541.